The summed E-state index contributed by atoms with van der Waals surface area (Å²) in [5, 5.41) is 15.2. The molecule has 1 fully saturated rings. The smallest absolute Gasteiger partial charge is 0.324 e. The van der Waals surface area contributed by atoms with Crippen molar-refractivity contribution in [1.29, 1.82) is 0 Å². The van der Waals surface area contributed by atoms with Gasteiger partial charge in [-0.15, -0.1) is 0 Å². The van der Waals surface area contributed by atoms with E-state index in [1.54, 1.807) is 35.0 Å². The molecule has 0 aliphatic carbocycles. The molecule has 4 amide bonds. The van der Waals surface area contributed by atoms with Gasteiger partial charge in [-0.05, 0) is 68.1 Å². The van der Waals surface area contributed by atoms with E-state index in [0.29, 0.717) is 28.8 Å². The van der Waals surface area contributed by atoms with Crippen LogP contribution in [0, 0.1) is 0 Å². The molecule has 0 spiro atoms. The molecule has 0 saturated carbocycles. The highest BCUT2D eigenvalue weighted by molar-refractivity contribution is 6.07. The monoisotopic (exact) mass is 619 g/mol. The number of fused-ring (bicyclic) bond motifs is 1. The van der Waals surface area contributed by atoms with Crippen molar-refractivity contribution in [3.8, 4) is 22.9 Å². The lowest BCUT2D eigenvalue weighted by atomic mass is 10.1. The molecule has 11 nitrogen and oxygen atoms in total. The molecule has 2 aromatic heterocycles. The van der Waals surface area contributed by atoms with Crippen molar-refractivity contribution in [2.45, 2.75) is 39.0 Å². The molecular formula is C35H37N7O4. The van der Waals surface area contributed by atoms with Gasteiger partial charge in [0.25, 0.3) is 0 Å². The highest BCUT2D eigenvalue weighted by atomic mass is 16.5. The minimum Gasteiger partial charge on any atom is -0.497 e. The molecular weight excluding hydrogens is 582 g/mol. The fourth-order valence-corrected chi connectivity index (χ4v) is 5.44. The summed E-state index contributed by atoms with van der Waals surface area (Å²) < 4.78 is 13.3. The number of rotatable bonds is 10. The summed E-state index contributed by atoms with van der Waals surface area (Å²) in [6, 6.07) is 23.6. The number of hydrogen-bond acceptors (Lipinski definition) is 6. The van der Waals surface area contributed by atoms with Crippen LogP contribution in [0.3, 0.4) is 0 Å². The first-order chi connectivity index (χ1) is 22.5. The number of nitrogens with one attached hydrogen (secondary N) is 3. The molecule has 1 aliphatic rings. The Morgan fingerprint density at radius 1 is 0.870 bits per heavy atom. The maximum atomic E-state index is 13.4. The fourth-order valence-electron chi connectivity index (χ4n) is 5.44. The molecule has 6 rings (SSSR count). The minimum atomic E-state index is -0.400. The molecule has 1 saturated heterocycles. The third-order valence-electron chi connectivity index (χ3n) is 7.82. The number of pyridine rings is 1. The molecule has 0 unspecified atom stereocenters. The first kappa shape index (κ1) is 30.4. The van der Waals surface area contributed by atoms with E-state index < -0.39 is 6.03 Å². The van der Waals surface area contributed by atoms with Gasteiger partial charge in [0.1, 0.15) is 28.9 Å². The Balaban J connectivity index is 1.19. The number of aromatic nitrogens is 3. The number of aryl methyl sites for hydroxylation is 1. The van der Waals surface area contributed by atoms with Crippen LogP contribution in [0.25, 0.3) is 16.5 Å². The van der Waals surface area contributed by atoms with Crippen LogP contribution in [0.15, 0.2) is 85.1 Å². The summed E-state index contributed by atoms with van der Waals surface area (Å²) in [4.78, 5) is 32.0. The molecule has 5 aromatic rings. The normalized spacial score (nSPS) is 12.6. The van der Waals surface area contributed by atoms with Crippen LogP contribution >= 0.6 is 0 Å². The largest absolute Gasteiger partial charge is 0.497 e. The van der Waals surface area contributed by atoms with E-state index in [0.717, 1.165) is 73.1 Å². The van der Waals surface area contributed by atoms with Gasteiger partial charge in [0.05, 0.1) is 24.2 Å². The molecule has 236 valence electrons. The first-order valence-corrected chi connectivity index (χ1v) is 15.5. The Kier molecular flexibility index (Phi) is 9.28. The van der Waals surface area contributed by atoms with Gasteiger partial charge in [0, 0.05) is 42.2 Å². The Morgan fingerprint density at radius 2 is 1.65 bits per heavy atom. The standard InChI is InChI=1S/C35H37N7O4/c1-3-4-9-24-22-33(42(40-24)25-12-14-26(45-2)15-13-25)39-34(43)37-30-16-17-31(29-11-6-5-10-28(29)30)46-27-18-19-36-32(23-27)38-35(44)41-20-7-8-21-41/h5-6,10-19,22-23H,3-4,7-9,20-21H2,1-2H3,(H,36,38,44)(H2,37,39,43). The van der Waals surface area contributed by atoms with E-state index in [4.69, 9.17) is 14.6 Å². The summed E-state index contributed by atoms with van der Waals surface area (Å²) in [6.07, 6.45) is 6.48. The number of urea groups is 2. The zero-order valence-corrected chi connectivity index (χ0v) is 26.0. The van der Waals surface area contributed by atoms with Gasteiger partial charge >= 0.3 is 12.1 Å². The highest BCUT2D eigenvalue weighted by Crippen LogP contribution is 2.35. The Labute approximate surface area is 267 Å². The first-order valence-electron chi connectivity index (χ1n) is 15.5. The molecule has 3 aromatic carbocycles. The molecule has 3 N–H and O–H groups in total. The van der Waals surface area contributed by atoms with Crippen LogP contribution < -0.4 is 25.4 Å². The fraction of sp³-hybridized carbons (Fsp3) is 0.257. The van der Waals surface area contributed by atoms with Crippen molar-refractivity contribution in [3.05, 3.63) is 90.8 Å². The topological polar surface area (TPSA) is 123 Å². The van der Waals surface area contributed by atoms with Gasteiger partial charge in [-0.25, -0.2) is 19.3 Å². The molecule has 0 radical (unpaired) electrons. The van der Waals surface area contributed by atoms with Gasteiger partial charge in [0.15, 0.2) is 0 Å². The molecule has 46 heavy (non-hydrogen) atoms. The minimum absolute atomic E-state index is 0.162. The number of nitrogens with zero attached hydrogens (tertiary/aromatic N) is 4. The number of hydrogen-bond donors (Lipinski definition) is 3. The van der Waals surface area contributed by atoms with Crippen molar-refractivity contribution in [2.24, 2.45) is 0 Å². The molecule has 1 aliphatic heterocycles. The molecule has 11 heteroatoms. The number of anilines is 3. The highest BCUT2D eigenvalue weighted by Gasteiger charge is 2.19. The summed E-state index contributed by atoms with van der Waals surface area (Å²) in [6.45, 7) is 3.63. The second-order valence-corrected chi connectivity index (χ2v) is 11.1. The lowest BCUT2D eigenvalue weighted by molar-refractivity contribution is 0.222. The number of ether oxygens (including phenoxy) is 2. The molecule has 0 bridgehead atoms. The predicted molar refractivity (Wildman–Crippen MR) is 179 cm³/mol. The number of likely N-dealkylation sites (tertiary alicyclic amines) is 1. The van der Waals surface area contributed by atoms with Gasteiger partial charge in [-0.1, -0.05) is 37.6 Å². The number of benzene rings is 3. The average Bonchev–Trinajstić information content (AvgIpc) is 3.76. The maximum absolute atomic E-state index is 13.4. The second-order valence-electron chi connectivity index (χ2n) is 11.1. The Bertz CT molecular complexity index is 1830. The summed E-state index contributed by atoms with van der Waals surface area (Å²) in [5.74, 6) is 2.84. The SMILES string of the molecule is CCCCc1cc(NC(=O)Nc2ccc(Oc3ccnc(NC(=O)N4CCCC4)c3)c3ccccc23)n(-c2ccc(OC)cc2)n1. The van der Waals surface area contributed by atoms with Crippen molar-refractivity contribution in [2.75, 3.05) is 36.1 Å². The average molecular weight is 620 g/mol. The number of carbonyl (C=O) groups is 2. The third-order valence-corrected chi connectivity index (χ3v) is 7.82. The zero-order valence-electron chi connectivity index (χ0n) is 26.0. The lowest BCUT2D eigenvalue weighted by Gasteiger charge is -2.16. The Morgan fingerprint density at radius 3 is 2.41 bits per heavy atom. The van der Waals surface area contributed by atoms with Crippen LogP contribution in [-0.2, 0) is 6.42 Å². The number of amides is 4. The Hall–Kier alpha value is -5.58. The summed E-state index contributed by atoms with van der Waals surface area (Å²) in [5.41, 5.74) is 2.32. The van der Waals surface area contributed by atoms with Crippen molar-refractivity contribution >= 4 is 40.2 Å². The van der Waals surface area contributed by atoms with Crippen molar-refractivity contribution in [3.63, 3.8) is 0 Å². The van der Waals surface area contributed by atoms with E-state index in [1.807, 2.05) is 66.7 Å². The van der Waals surface area contributed by atoms with Crippen LogP contribution in [0.4, 0.5) is 26.9 Å². The van der Waals surface area contributed by atoms with E-state index >= 15 is 0 Å². The van der Waals surface area contributed by atoms with E-state index in [1.165, 1.54) is 0 Å². The lowest BCUT2D eigenvalue weighted by Crippen LogP contribution is -2.32. The van der Waals surface area contributed by atoms with Crippen molar-refractivity contribution < 1.29 is 19.1 Å². The van der Waals surface area contributed by atoms with Gasteiger partial charge < -0.3 is 19.7 Å². The van der Waals surface area contributed by atoms with Crippen LogP contribution in [0.5, 0.6) is 17.2 Å². The van der Waals surface area contributed by atoms with Gasteiger partial charge in [-0.3, -0.25) is 10.6 Å². The summed E-state index contributed by atoms with van der Waals surface area (Å²) >= 11 is 0. The molecule has 0 atom stereocenters. The zero-order chi connectivity index (χ0) is 31.9. The van der Waals surface area contributed by atoms with Crippen LogP contribution in [0.2, 0.25) is 0 Å². The quantitative estimate of drug-likeness (QED) is 0.146. The van der Waals surface area contributed by atoms with Gasteiger partial charge in [0.2, 0.25) is 0 Å². The summed E-state index contributed by atoms with van der Waals surface area (Å²) in [7, 11) is 1.62. The van der Waals surface area contributed by atoms with Crippen LogP contribution in [0.1, 0.15) is 38.3 Å². The van der Waals surface area contributed by atoms with Crippen LogP contribution in [-0.4, -0.2) is 51.9 Å². The number of methoxy groups -OCH3 is 1. The number of unbranched alkanes of at least 4 members (excludes halogenated alkanes) is 1. The maximum Gasteiger partial charge on any atom is 0.324 e. The molecule has 3 heterocycles. The predicted octanol–water partition coefficient (Wildman–Crippen LogP) is 7.84. The third kappa shape index (κ3) is 7.04. The van der Waals surface area contributed by atoms with E-state index in [2.05, 4.69) is 27.9 Å². The van der Waals surface area contributed by atoms with Gasteiger partial charge in [-0.2, -0.15) is 5.10 Å². The van der Waals surface area contributed by atoms with E-state index in [-0.39, 0.29) is 6.03 Å². The second kappa shape index (κ2) is 14.0. The number of carbonyl (C=O) groups excluding carboxylic acids is 2. The van der Waals surface area contributed by atoms with Crippen molar-refractivity contribution in [1.82, 2.24) is 19.7 Å². The van der Waals surface area contributed by atoms with E-state index in [9.17, 15) is 9.59 Å².